The van der Waals surface area contributed by atoms with Crippen LogP contribution in [0.1, 0.15) is 40.2 Å². The van der Waals surface area contributed by atoms with E-state index in [1.54, 1.807) is 30.9 Å². The molecule has 1 aromatic rings. The van der Waals surface area contributed by atoms with Gasteiger partial charge in [-0.15, -0.1) is 0 Å². The maximum absolute atomic E-state index is 12.5. The van der Waals surface area contributed by atoms with Gasteiger partial charge in [-0.3, -0.25) is 9.52 Å². The van der Waals surface area contributed by atoms with Crippen LogP contribution >= 0.6 is 0 Å². The molecule has 122 valence electrons. The number of rotatable bonds is 3. The van der Waals surface area contributed by atoms with Gasteiger partial charge in [0.25, 0.3) is 0 Å². The van der Waals surface area contributed by atoms with Crippen molar-refractivity contribution in [2.45, 2.75) is 46.3 Å². The summed E-state index contributed by atoms with van der Waals surface area (Å²) in [6.07, 6.45) is 0.800. The minimum absolute atomic E-state index is 0.0510. The molecule has 22 heavy (non-hydrogen) atoms. The molecule has 0 radical (unpaired) electrons. The normalized spacial score (nSPS) is 15.1. The molecule has 0 saturated carbocycles. The highest BCUT2D eigenvalue weighted by molar-refractivity contribution is 7.93. The van der Waals surface area contributed by atoms with Gasteiger partial charge in [-0.2, -0.15) is 0 Å². The van der Waals surface area contributed by atoms with E-state index in [4.69, 9.17) is 0 Å². The molecule has 1 amide bonds. The fourth-order valence-electron chi connectivity index (χ4n) is 2.34. The fourth-order valence-corrected chi connectivity index (χ4v) is 3.03. The lowest BCUT2D eigenvalue weighted by molar-refractivity contribution is -0.125. The molecule has 1 aliphatic heterocycles. The average molecular weight is 324 g/mol. The Kier molecular flexibility index (Phi) is 4.26. The SMILES string of the molecule is CC(C)S(=O)(=O)Nc1ccc2c(c1)N(C(=O)C(C)(C)C)CC2. The Hall–Kier alpha value is -1.56. The van der Waals surface area contributed by atoms with Crippen LogP contribution in [0.2, 0.25) is 0 Å². The van der Waals surface area contributed by atoms with Gasteiger partial charge in [0.2, 0.25) is 15.9 Å². The molecule has 1 N–H and O–H groups in total. The van der Waals surface area contributed by atoms with Gasteiger partial charge in [0.05, 0.1) is 10.9 Å². The highest BCUT2D eigenvalue weighted by Crippen LogP contribution is 2.34. The number of nitrogens with zero attached hydrogens (tertiary/aromatic N) is 1. The van der Waals surface area contributed by atoms with E-state index in [1.165, 1.54) is 0 Å². The van der Waals surface area contributed by atoms with E-state index < -0.39 is 20.7 Å². The fraction of sp³-hybridized carbons (Fsp3) is 0.562. The van der Waals surface area contributed by atoms with Crippen molar-refractivity contribution in [3.8, 4) is 0 Å². The van der Waals surface area contributed by atoms with E-state index >= 15 is 0 Å². The van der Waals surface area contributed by atoms with Gasteiger partial charge in [-0.05, 0) is 38.0 Å². The van der Waals surface area contributed by atoms with Crippen LogP contribution in [-0.2, 0) is 21.2 Å². The van der Waals surface area contributed by atoms with E-state index in [9.17, 15) is 13.2 Å². The predicted octanol–water partition coefficient (Wildman–Crippen LogP) is 2.77. The number of carbonyl (C=O) groups excluding carboxylic acids is 1. The average Bonchev–Trinajstić information content (AvgIpc) is 2.79. The van der Waals surface area contributed by atoms with Crippen molar-refractivity contribution >= 4 is 27.3 Å². The molecule has 1 aromatic carbocycles. The number of benzene rings is 1. The zero-order valence-corrected chi connectivity index (χ0v) is 14.6. The second-order valence-electron chi connectivity index (χ2n) is 7.00. The van der Waals surface area contributed by atoms with Crippen LogP contribution < -0.4 is 9.62 Å². The zero-order chi connectivity index (χ0) is 16.7. The first-order valence-electron chi connectivity index (χ1n) is 7.49. The van der Waals surface area contributed by atoms with E-state index in [2.05, 4.69) is 4.72 Å². The molecule has 0 aromatic heterocycles. The summed E-state index contributed by atoms with van der Waals surface area (Å²) in [7, 11) is -3.39. The van der Waals surface area contributed by atoms with Gasteiger partial charge in [0.15, 0.2) is 0 Å². The lowest BCUT2D eigenvalue weighted by Crippen LogP contribution is -2.38. The van der Waals surface area contributed by atoms with E-state index in [0.717, 1.165) is 17.7 Å². The second kappa shape index (κ2) is 5.57. The maximum atomic E-state index is 12.5. The Morgan fingerprint density at radius 2 is 1.91 bits per heavy atom. The molecule has 0 spiro atoms. The largest absolute Gasteiger partial charge is 0.311 e. The Balaban J connectivity index is 2.33. The third-order valence-corrected chi connectivity index (χ3v) is 5.51. The summed E-state index contributed by atoms with van der Waals surface area (Å²) in [6, 6.07) is 5.40. The molecular formula is C16H24N2O3S. The number of fused-ring (bicyclic) bond motifs is 1. The van der Waals surface area contributed by atoms with Gasteiger partial charge in [0.1, 0.15) is 0 Å². The van der Waals surface area contributed by atoms with Crippen LogP contribution in [0.5, 0.6) is 0 Å². The zero-order valence-electron chi connectivity index (χ0n) is 13.8. The minimum Gasteiger partial charge on any atom is -0.311 e. The number of sulfonamides is 1. The Morgan fingerprint density at radius 1 is 1.27 bits per heavy atom. The molecule has 0 atom stereocenters. The topological polar surface area (TPSA) is 66.5 Å². The standard InChI is InChI=1S/C16H24N2O3S/c1-11(2)22(20,21)17-13-7-6-12-8-9-18(14(12)10-13)15(19)16(3,4)5/h6-7,10-11,17H,8-9H2,1-5H3. The molecule has 2 rings (SSSR count). The highest BCUT2D eigenvalue weighted by atomic mass is 32.2. The summed E-state index contributed by atoms with van der Waals surface area (Å²) in [5.74, 6) is 0.0510. The van der Waals surface area contributed by atoms with Crippen LogP contribution in [0, 0.1) is 5.41 Å². The molecule has 0 fully saturated rings. The van der Waals surface area contributed by atoms with E-state index in [0.29, 0.717) is 12.2 Å². The molecule has 0 unspecified atom stereocenters. The third-order valence-electron chi connectivity index (χ3n) is 3.75. The summed E-state index contributed by atoms with van der Waals surface area (Å²) in [6.45, 7) is 9.57. The summed E-state index contributed by atoms with van der Waals surface area (Å²) in [4.78, 5) is 14.3. The molecule has 0 saturated heterocycles. The van der Waals surface area contributed by atoms with E-state index in [-0.39, 0.29) is 5.91 Å². The minimum atomic E-state index is -3.39. The van der Waals surface area contributed by atoms with Crippen molar-refractivity contribution in [2.75, 3.05) is 16.2 Å². The lowest BCUT2D eigenvalue weighted by Gasteiger charge is -2.26. The summed E-state index contributed by atoms with van der Waals surface area (Å²) in [5.41, 5.74) is 1.92. The number of nitrogens with one attached hydrogen (secondary N) is 1. The van der Waals surface area contributed by atoms with Crippen molar-refractivity contribution in [3.63, 3.8) is 0 Å². The van der Waals surface area contributed by atoms with Crippen LogP contribution in [0.3, 0.4) is 0 Å². The number of hydrogen-bond acceptors (Lipinski definition) is 3. The number of amides is 1. The molecule has 6 heteroatoms. The number of hydrogen-bond donors (Lipinski definition) is 1. The Bertz CT molecular complexity index is 688. The first-order valence-corrected chi connectivity index (χ1v) is 9.03. The van der Waals surface area contributed by atoms with Crippen molar-refractivity contribution in [2.24, 2.45) is 5.41 Å². The maximum Gasteiger partial charge on any atom is 0.235 e. The number of anilines is 2. The van der Waals surface area contributed by atoms with Gasteiger partial charge in [-0.25, -0.2) is 8.42 Å². The van der Waals surface area contributed by atoms with E-state index in [1.807, 2.05) is 26.8 Å². The number of carbonyl (C=O) groups is 1. The van der Waals surface area contributed by atoms with Crippen LogP contribution in [-0.4, -0.2) is 26.1 Å². The quantitative estimate of drug-likeness (QED) is 0.929. The molecule has 5 nitrogen and oxygen atoms in total. The monoisotopic (exact) mass is 324 g/mol. The van der Waals surface area contributed by atoms with Crippen molar-refractivity contribution in [1.29, 1.82) is 0 Å². The second-order valence-corrected chi connectivity index (χ2v) is 9.23. The summed E-state index contributed by atoms with van der Waals surface area (Å²) >= 11 is 0. The predicted molar refractivity (Wildman–Crippen MR) is 89.6 cm³/mol. The van der Waals surface area contributed by atoms with Crippen molar-refractivity contribution in [1.82, 2.24) is 0 Å². The van der Waals surface area contributed by atoms with Gasteiger partial charge in [0, 0.05) is 17.6 Å². The van der Waals surface area contributed by atoms with Crippen LogP contribution in [0.25, 0.3) is 0 Å². The van der Waals surface area contributed by atoms with Crippen LogP contribution in [0.4, 0.5) is 11.4 Å². The molecule has 0 aliphatic carbocycles. The van der Waals surface area contributed by atoms with Crippen LogP contribution in [0.15, 0.2) is 18.2 Å². The highest BCUT2D eigenvalue weighted by Gasteiger charge is 2.32. The van der Waals surface area contributed by atoms with Gasteiger partial charge < -0.3 is 4.90 Å². The Morgan fingerprint density at radius 3 is 2.45 bits per heavy atom. The van der Waals surface area contributed by atoms with Gasteiger partial charge >= 0.3 is 0 Å². The first kappa shape index (κ1) is 16.8. The Labute approximate surface area is 132 Å². The molecule has 1 aliphatic rings. The molecule has 0 bridgehead atoms. The smallest absolute Gasteiger partial charge is 0.235 e. The third kappa shape index (κ3) is 3.27. The molecular weight excluding hydrogens is 300 g/mol. The lowest BCUT2D eigenvalue weighted by atomic mass is 9.94. The molecule has 1 heterocycles. The summed E-state index contributed by atoms with van der Waals surface area (Å²) in [5, 5.41) is -0.506. The van der Waals surface area contributed by atoms with Crippen molar-refractivity contribution in [3.05, 3.63) is 23.8 Å². The van der Waals surface area contributed by atoms with Gasteiger partial charge in [-0.1, -0.05) is 26.8 Å². The summed E-state index contributed by atoms with van der Waals surface area (Å²) < 4.78 is 26.5. The first-order chi connectivity index (χ1) is 10.0. The van der Waals surface area contributed by atoms with Crippen molar-refractivity contribution < 1.29 is 13.2 Å².